The molecule has 0 aliphatic heterocycles. The summed E-state index contributed by atoms with van der Waals surface area (Å²) < 4.78 is 27.0. The van der Waals surface area contributed by atoms with Crippen molar-refractivity contribution in [2.45, 2.75) is 91.4 Å². The smallest absolute Gasteiger partial charge is 0.435 e. The quantitative estimate of drug-likeness (QED) is 0.160. The maximum Gasteiger partial charge on any atom is 0.435 e. The largest absolute Gasteiger partial charge is 0.443 e. The van der Waals surface area contributed by atoms with Gasteiger partial charge in [-0.15, -0.1) is 11.3 Å². The van der Waals surface area contributed by atoms with E-state index < -0.39 is 35.1 Å². The summed E-state index contributed by atoms with van der Waals surface area (Å²) in [6, 6.07) is 9.72. The summed E-state index contributed by atoms with van der Waals surface area (Å²) in [5.41, 5.74) is 1.30. The van der Waals surface area contributed by atoms with Gasteiger partial charge in [-0.25, -0.2) is 14.2 Å². The van der Waals surface area contributed by atoms with Gasteiger partial charge in [0.15, 0.2) is 0 Å². The predicted molar refractivity (Wildman–Crippen MR) is 164 cm³/mol. The third kappa shape index (κ3) is 6.51. The van der Waals surface area contributed by atoms with Crippen LogP contribution in [0, 0.1) is 0 Å². The Hall–Kier alpha value is -2.78. The van der Waals surface area contributed by atoms with E-state index >= 15 is 0 Å². The van der Waals surface area contributed by atoms with E-state index in [0.29, 0.717) is 22.4 Å². The first-order chi connectivity index (χ1) is 19.1. The van der Waals surface area contributed by atoms with Crippen molar-refractivity contribution >= 4 is 64.2 Å². The van der Waals surface area contributed by atoms with Gasteiger partial charge in [0.2, 0.25) is 19.5 Å². The molecule has 0 fully saturated rings. The van der Waals surface area contributed by atoms with E-state index in [1.54, 1.807) is 4.57 Å². The number of nitrogens with zero attached hydrogens (tertiary/aromatic N) is 3. The second kappa shape index (κ2) is 11.5. The van der Waals surface area contributed by atoms with Crippen LogP contribution < -0.4 is 0 Å². The van der Waals surface area contributed by atoms with Crippen LogP contribution in [-0.2, 0) is 23.7 Å². The van der Waals surface area contributed by atoms with Gasteiger partial charge in [0.05, 0.1) is 21.4 Å². The SMILES string of the molecule is C[Si]OC(O[Si]C)C(C)(C)c1ccc2cc(-c3nn(C(=O)OC(C)(C)C)c4ccsc34)n(C(=O)OC(C)(C)C)c2c1. The number of hydrogen-bond acceptors (Lipinski definition) is 8. The Labute approximate surface area is 250 Å². The number of carbonyl (C=O) groups excluding carboxylic acids is 2. The van der Waals surface area contributed by atoms with E-state index in [-0.39, 0.29) is 19.5 Å². The van der Waals surface area contributed by atoms with Gasteiger partial charge >= 0.3 is 12.2 Å². The number of carbonyl (C=O) groups is 2. The fourth-order valence-electron chi connectivity index (χ4n) is 4.41. The molecule has 0 saturated carbocycles. The van der Waals surface area contributed by atoms with Crippen molar-refractivity contribution in [3.05, 3.63) is 41.3 Å². The number of thiophene rings is 1. The first kappa shape index (κ1) is 31.2. The summed E-state index contributed by atoms with van der Waals surface area (Å²) in [6.07, 6.45) is -1.58. The lowest BCUT2D eigenvalue weighted by molar-refractivity contribution is -0.0432. The Kier molecular flexibility index (Phi) is 8.73. The number of ether oxygens (including phenoxy) is 2. The monoisotopic (exact) mass is 611 g/mol. The highest BCUT2D eigenvalue weighted by molar-refractivity contribution is 7.17. The van der Waals surface area contributed by atoms with Gasteiger partial charge in [-0.3, -0.25) is 0 Å². The standard InChI is InChI=1S/C29H37N3O6SSi2/c1-27(2,3)35-25(33)31-20-16-18(29(7,8)24(37-40-9)38-41-10)12-11-17(20)15-21(31)22-23-19(13-14-39-23)32(30-22)26(34)36-28(4,5)6/h11-16,24H,1-10H3. The van der Waals surface area contributed by atoms with Crippen molar-refractivity contribution in [1.82, 2.24) is 14.3 Å². The van der Waals surface area contributed by atoms with Crippen LogP contribution in [0.25, 0.3) is 32.5 Å². The molecule has 0 spiro atoms. The molecule has 4 rings (SSSR count). The molecule has 218 valence electrons. The van der Waals surface area contributed by atoms with Crippen LogP contribution in [0.2, 0.25) is 13.1 Å². The summed E-state index contributed by atoms with van der Waals surface area (Å²) in [5, 5.41) is 7.39. The van der Waals surface area contributed by atoms with Crippen molar-refractivity contribution in [3.63, 3.8) is 0 Å². The van der Waals surface area contributed by atoms with Crippen LogP contribution in [0.5, 0.6) is 0 Å². The van der Waals surface area contributed by atoms with E-state index in [2.05, 4.69) is 18.9 Å². The lowest BCUT2D eigenvalue weighted by atomic mass is 9.83. The van der Waals surface area contributed by atoms with Crippen molar-refractivity contribution < 1.29 is 27.9 Å². The zero-order chi connectivity index (χ0) is 30.3. The predicted octanol–water partition coefficient (Wildman–Crippen LogP) is 7.26. The van der Waals surface area contributed by atoms with Crippen LogP contribution in [0.15, 0.2) is 35.7 Å². The summed E-state index contributed by atoms with van der Waals surface area (Å²) >= 11 is 1.44. The van der Waals surface area contributed by atoms with E-state index in [0.717, 1.165) is 15.6 Å². The summed E-state index contributed by atoms with van der Waals surface area (Å²) in [7, 11) is 0.525. The molecule has 12 heteroatoms. The molecular formula is C29H37N3O6SSi2. The molecule has 3 aromatic heterocycles. The summed E-state index contributed by atoms with van der Waals surface area (Å²) in [4.78, 5) is 26.9. The Balaban J connectivity index is 1.94. The average Bonchev–Trinajstić information content (AvgIpc) is 3.54. The van der Waals surface area contributed by atoms with Crippen LogP contribution in [0.1, 0.15) is 61.0 Å². The van der Waals surface area contributed by atoms with E-state index in [1.807, 2.05) is 90.3 Å². The van der Waals surface area contributed by atoms with Crippen molar-refractivity contribution in [2.75, 3.05) is 0 Å². The molecule has 1 aromatic carbocycles. The lowest BCUT2D eigenvalue weighted by Crippen LogP contribution is -2.39. The molecule has 0 unspecified atom stereocenters. The molecule has 0 saturated heterocycles. The van der Waals surface area contributed by atoms with E-state index in [1.165, 1.54) is 16.0 Å². The lowest BCUT2D eigenvalue weighted by Gasteiger charge is -2.34. The number of aromatic nitrogens is 3. The molecule has 3 heterocycles. The third-order valence-corrected chi connectivity index (χ3v) is 8.07. The first-order valence-electron chi connectivity index (χ1n) is 13.3. The second-order valence-electron chi connectivity index (χ2n) is 12.2. The fraction of sp³-hybridized carbons (Fsp3) is 0.483. The Morgan fingerprint density at radius 1 is 0.854 bits per heavy atom. The summed E-state index contributed by atoms with van der Waals surface area (Å²) in [6.45, 7) is 19.0. The summed E-state index contributed by atoms with van der Waals surface area (Å²) in [5.74, 6) is 0. The molecule has 0 bridgehead atoms. The Morgan fingerprint density at radius 2 is 1.46 bits per heavy atom. The van der Waals surface area contributed by atoms with E-state index in [4.69, 9.17) is 18.3 Å². The van der Waals surface area contributed by atoms with Crippen LogP contribution in [0.3, 0.4) is 0 Å². The van der Waals surface area contributed by atoms with Gasteiger partial charge in [0.25, 0.3) is 0 Å². The second-order valence-corrected chi connectivity index (χ2v) is 14.4. The minimum Gasteiger partial charge on any atom is -0.443 e. The van der Waals surface area contributed by atoms with Crippen molar-refractivity contribution in [2.24, 2.45) is 0 Å². The van der Waals surface area contributed by atoms with Crippen LogP contribution >= 0.6 is 11.3 Å². The molecule has 4 radical (unpaired) electrons. The number of benzene rings is 1. The van der Waals surface area contributed by atoms with Gasteiger partial charge in [-0.05, 0) is 83.8 Å². The zero-order valence-corrected chi connectivity index (χ0v) is 28.1. The average molecular weight is 612 g/mol. The van der Waals surface area contributed by atoms with Gasteiger partial charge in [0.1, 0.15) is 23.2 Å². The number of hydrogen-bond donors (Lipinski definition) is 0. The molecule has 0 aliphatic rings. The van der Waals surface area contributed by atoms with Crippen molar-refractivity contribution in [3.8, 4) is 11.4 Å². The molecular weight excluding hydrogens is 575 g/mol. The highest BCUT2D eigenvalue weighted by atomic mass is 32.1. The fourth-order valence-corrected chi connectivity index (χ4v) is 6.48. The molecule has 41 heavy (non-hydrogen) atoms. The molecule has 4 aromatic rings. The number of rotatable bonds is 7. The first-order valence-corrected chi connectivity index (χ1v) is 17.0. The van der Waals surface area contributed by atoms with Crippen LogP contribution in [0.4, 0.5) is 9.59 Å². The zero-order valence-electron chi connectivity index (χ0n) is 25.2. The van der Waals surface area contributed by atoms with Crippen molar-refractivity contribution in [1.29, 1.82) is 0 Å². The highest BCUT2D eigenvalue weighted by Gasteiger charge is 2.34. The van der Waals surface area contributed by atoms with Gasteiger partial charge in [0, 0.05) is 10.8 Å². The minimum atomic E-state index is -0.729. The number of fused-ring (bicyclic) bond motifs is 2. The minimum absolute atomic E-state index is 0.263. The molecule has 0 atom stereocenters. The van der Waals surface area contributed by atoms with Gasteiger partial charge < -0.3 is 18.3 Å². The molecule has 0 amide bonds. The van der Waals surface area contributed by atoms with E-state index in [9.17, 15) is 9.59 Å². The third-order valence-electron chi connectivity index (χ3n) is 6.26. The van der Waals surface area contributed by atoms with Crippen LogP contribution in [-0.4, -0.2) is 63.6 Å². The normalized spacial score (nSPS) is 13.0. The van der Waals surface area contributed by atoms with Gasteiger partial charge in [-0.1, -0.05) is 26.0 Å². The molecule has 0 aliphatic carbocycles. The maximum atomic E-state index is 13.8. The molecule has 0 N–H and O–H groups in total. The maximum absolute atomic E-state index is 13.8. The molecule has 9 nitrogen and oxygen atoms in total. The topological polar surface area (TPSA) is 93.8 Å². The van der Waals surface area contributed by atoms with Gasteiger partial charge in [-0.2, -0.15) is 9.78 Å². The highest BCUT2D eigenvalue weighted by Crippen LogP contribution is 2.38. The Morgan fingerprint density at radius 3 is 2.05 bits per heavy atom. The Bertz CT molecular complexity index is 1570.